The minimum atomic E-state index is 0.0642. The van der Waals surface area contributed by atoms with Gasteiger partial charge in [0, 0.05) is 13.2 Å². The van der Waals surface area contributed by atoms with Crippen LogP contribution >= 0.6 is 0 Å². The number of hydrogen-bond donors (Lipinski definition) is 2. The van der Waals surface area contributed by atoms with Crippen molar-refractivity contribution < 1.29 is 10.2 Å². The van der Waals surface area contributed by atoms with Crippen LogP contribution in [0.1, 0.15) is 13.3 Å². The molecule has 2 heteroatoms. The van der Waals surface area contributed by atoms with Gasteiger partial charge in [-0.15, -0.1) is 0 Å². The van der Waals surface area contributed by atoms with Crippen molar-refractivity contribution in [3.05, 3.63) is 0 Å². The van der Waals surface area contributed by atoms with Crippen molar-refractivity contribution in [3.8, 4) is 0 Å². The predicted octanol–water partition coefficient (Wildman–Crippen LogP) is -0.00280. The van der Waals surface area contributed by atoms with Crippen LogP contribution in [-0.4, -0.2) is 23.4 Å². The molecule has 1 aliphatic rings. The fraction of sp³-hybridized carbons (Fsp3) is 1.00. The van der Waals surface area contributed by atoms with Gasteiger partial charge in [0.1, 0.15) is 0 Å². The SMILES string of the molecule is C[C@]1(CO)C[C@H]1CO. The van der Waals surface area contributed by atoms with E-state index in [2.05, 4.69) is 0 Å². The van der Waals surface area contributed by atoms with Crippen LogP contribution in [0.25, 0.3) is 0 Å². The Labute approximate surface area is 49.1 Å². The summed E-state index contributed by atoms with van der Waals surface area (Å²) in [6.07, 6.45) is 0.986. The first-order valence-electron chi connectivity index (χ1n) is 2.94. The second-order valence-electron chi connectivity index (χ2n) is 2.90. The highest BCUT2D eigenvalue weighted by atomic mass is 16.3. The topological polar surface area (TPSA) is 40.5 Å². The zero-order valence-electron chi connectivity index (χ0n) is 5.09. The molecule has 1 aliphatic carbocycles. The molecular weight excluding hydrogens is 104 g/mol. The Kier molecular flexibility index (Phi) is 1.29. The van der Waals surface area contributed by atoms with E-state index < -0.39 is 0 Å². The van der Waals surface area contributed by atoms with Crippen LogP contribution in [0.3, 0.4) is 0 Å². The average molecular weight is 116 g/mol. The molecule has 1 fully saturated rings. The maximum absolute atomic E-state index is 8.66. The molecule has 2 atom stereocenters. The molecule has 1 saturated carbocycles. The molecule has 48 valence electrons. The predicted molar refractivity (Wildman–Crippen MR) is 30.4 cm³/mol. The second kappa shape index (κ2) is 1.71. The lowest BCUT2D eigenvalue weighted by Gasteiger charge is -2.01. The summed E-state index contributed by atoms with van der Waals surface area (Å²) in [5.41, 5.74) is 0.0642. The quantitative estimate of drug-likeness (QED) is 0.533. The van der Waals surface area contributed by atoms with E-state index in [0.717, 1.165) is 6.42 Å². The van der Waals surface area contributed by atoms with Crippen molar-refractivity contribution >= 4 is 0 Å². The van der Waals surface area contributed by atoms with E-state index in [-0.39, 0.29) is 18.6 Å². The van der Waals surface area contributed by atoms with Gasteiger partial charge in [0.25, 0.3) is 0 Å². The van der Waals surface area contributed by atoms with Gasteiger partial charge >= 0.3 is 0 Å². The zero-order valence-corrected chi connectivity index (χ0v) is 5.09. The summed E-state index contributed by atoms with van der Waals surface area (Å²) in [6.45, 7) is 2.45. The number of aliphatic hydroxyl groups is 2. The number of hydrogen-bond acceptors (Lipinski definition) is 2. The van der Waals surface area contributed by atoms with Crippen LogP contribution in [0.5, 0.6) is 0 Å². The summed E-state index contributed by atoms with van der Waals surface area (Å²) >= 11 is 0. The summed E-state index contributed by atoms with van der Waals surface area (Å²) in [5.74, 6) is 0.368. The molecule has 0 aromatic rings. The third-order valence-electron chi connectivity index (χ3n) is 2.12. The van der Waals surface area contributed by atoms with Gasteiger partial charge in [-0.05, 0) is 17.8 Å². The maximum Gasteiger partial charge on any atom is 0.0488 e. The van der Waals surface area contributed by atoms with Crippen molar-refractivity contribution in [1.29, 1.82) is 0 Å². The first-order valence-corrected chi connectivity index (χ1v) is 2.94. The molecule has 0 radical (unpaired) electrons. The summed E-state index contributed by atoms with van der Waals surface area (Å²) in [7, 11) is 0. The van der Waals surface area contributed by atoms with E-state index in [4.69, 9.17) is 10.2 Å². The molecule has 0 saturated heterocycles. The van der Waals surface area contributed by atoms with Crippen LogP contribution in [0.15, 0.2) is 0 Å². The van der Waals surface area contributed by atoms with Crippen LogP contribution in [0.4, 0.5) is 0 Å². The van der Waals surface area contributed by atoms with E-state index >= 15 is 0 Å². The molecule has 2 N–H and O–H groups in total. The minimum Gasteiger partial charge on any atom is -0.396 e. The van der Waals surface area contributed by atoms with Gasteiger partial charge in [0.15, 0.2) is 0 Å². The summed E-state index contributed by atoms with van der Waals surface area (Å²) < 4.78 is 0. The molecule has 0 heterocycles. The smallest absolute Gasteiger partial charge is 0.0488 e. The lowest BCUT2D eigenvalue weighted by molar-refractivity contribution is 0.184. The fourth-order valence-electron chi connectivity index (χ4n) is 0.983. The summed E-state index contributed by atoms with van der Waals surface area (Å²) in [6, 6.07) is 0. The normalized spacial score (nSPS) is 44.6. The fourth-order valence-corrected chi connectivity index (χ4v) is 0.983. The Hall–Kier alpha value is -0.0800. The van der Waals surface area contributed by atoms with E-state index in [1.165, 1.54) is 0 Å². The third-order valence-corrected chi connectivity index (χ3v) is 2.12. The molecule has 1 rings (SSSR count). The second-order valence-corrected chi connectivity index (χ2v) is 2.90. The van der Waals surface area contributed by atoms with Crippen molar-refractivity contribution in [2.75, 3.05) is 13.2 Å². The Bertz CT molecular complexity index is 92.5. The maximum atomic E-state index is 8.66. The Balaban J connectivity index is 2.31. The first-order chi connectivity index (χ1) is 3.73. The highest BCUT2D eigenvalue weighted by molar-refractivity contribution is 4.97. The standard InChI is InChI=1S/C6H12O2/c1-6(4-8)2-5(6)3-7/h5,7-8H,2-4H2,1H3/t5-,6+/m0/s1. The molecule has 8 heavy (non-hydrogen) atoms. The van der Waals surface area contributed by atoms with Gasteiger partial charge in [-0.2, -0.15) is 0 Å². The molecule has 0 bridgehead atoms. The largest absolute Gasteiger partial charge is 0.396 e. The van der Waals surface area contributed by atoms with Crippen molar-refractivity contribution in [2.45, 2.75) is 13.3 Å². The van der Waals surface area contributed by atoms with Crippen molar-refractivity contribution in [2.24, 2.45) is 11.3 Å². The van der Waals surface area contributed by atoms with Gasteiger partial charge in [-0.25, -0.2) is 0 Å². The number of rotatable bonds is 2. The van der Waals surface area contributed by atoms with Gasteiger partial charge in [0.05, 0.1) is 0 Å². The lowest BCUT2D eigenvalue weighted by atomic mass is 10.1. The molecular formula is C6H12O2. The monoisotopic (exact) mass is 116 g/mol. The Morgan fingerprint density at radius 3 is 2.38 bits per heavy atom. The Morgan fingerprint density at radius 1 is 1.62 bits per heavy atom. The van der Waals surface area contributed by atoms with Gasteiger partial charge in [0.2, 0.25) is 0 Å². The summed E-state index contributed by atoms with van der Waals surface area (Å²) in [5, 5.41) is 17.2. The highest BCUT2D eigenvalue weighted by Crippen LogP contribution is 2.50. The van der Waals surface area contributed by atoms with Gasteiger partial charge in [-0.1, -0.05) is 6.92 Å². The molecule has 0 unspecified atom stereocenters. The Morgan fingerprint density at radius 2 is 2.25 bits per heavy atom. The van der Waals surface area contributed by atoms with E-state index in [0.29, 0.717) is 5.92 Å². The van der Waals surface area contributed by atoms with Crippen LogP contribution < -0.4 is 0 Å². The minimum absolute atomic E-state index is 0.0642. The molecule has 0 amide bonds. The third kappa shape index (κ3) is 0.740. The molecule has 0 aliphatic heterocycles. The highest BCUT2D eigenvalue weighted by Gasteiger charge is 2.48. The van der Waals surface area contributed by atoms with E-state index in [9.17, 15) is 0 Å². The first kappa shape index (κ1) is 6.05. The lowest BCUT2D eigenvalue weighted by Crippen LogP contribution is -2.05. The molecule has 0 aromatic heterocycles. The molecule has 0 aromatic carbocycles. The van der Waals surface area contributed by atoms with Gasteiger partial charge < -0.3 is 10.2 Å². The molecule has 0 spiro atoms. The molecule has 2 nitrogen and oxygen atoms in total. The van der Waals surface area contributed by atoms with Crippen LogP contribution in [0, 0.1) is 11.3 Å². The van der Waals surface area contributed by atoms with Crippen LogP contribution in [-0.2, 0) is 0 Å². The van der Waals surface area contributed by atoms with Crippen molar-refractivity contribution in [3.63, 3.8) is 0 Å². The number of aliphatic hydroxyl groups excluding tert-OH is 2. The van der Waals surface area contributed by atoms with E-state index in [1.807, 2.05) is 6.92 Å². The van der Waals surface area contributed by atoms with Gasteiger partial charge in [-0.3, -0.25) is 0 Å². The zero-order chi connectivity index (χ0) is 6.20. The van der Waals surface area contributed by atoms with E-state index in [1.54, 1.807) is 0 Å². The van der Waals surface area contributed by atoms with Crippen LogP contribution in [0.2, 0.25) is 0 Å². The summed E-state index contributed by atoms with van der Waals surface area (Å²) in [4.78, 5) is 0. The average Bonchev–Trinajstić information content (AvgIpc) is 2.44. The van der Waals surface area contributed by atoms with Crippen molar-refractivity contribution in [1.82, 2.24) is 0 Å².